The SMILES string of the molecule is COc1ccc2c(c1)CC1(CC2)CC(=O)NC1(C)C. The van der Waals surface area contributed by atoms with E-state index in [1.165, 1.54) is 11.1 Å². The number of amides is 1. The first kappa shape index (κ1) is 12.5. The summed E-state index contributed by atoms with van der Waals surface area (Å²) < 4.78 is 5.32. The fourth-order valence-corrected chi connectivity index (χ4v) is 3.70. The van der Waals surface area contributed by atoms with E-state index in [0.717, 1.165) is 25.0 Å². The number of ether oxygens (including phenoxy) is 1. The lowest BCUT2D eigenvalue weighted by molar-refractivity contribution is -0.120. The van der Waals surface area contributed by atoms with Crippen LogP contribution in [0.1, 0.15) is 37.8 Å². The quantitative estimate of drug-likeness (QED) is 0.841. The summed E-state index contributed by atoms with van der Waals surface area (Å²) in [7, 11) is 1.70. The number of benzene rings is 1. The summed E-state index contributed by atoms with van der Waals surface area (Å²) >= 11 is 0. The molecular weight excluding hydrogens is 238 g/mol. The number of fused-ring (bicyclic) bond motifs is 1. The predicted molar refractivity (Wildman–Crippen MR) is 74.3 cm³/mol. The molecule has 1 saturated heterocycles. The van der Waals surface area contributed by atoms with Gasteiger partial charge in [-0.1, -0.05) is 6.07 Å². The Morgan fingerprint density at radius 2 is 2.00 bits per heavy atom. The van der Waals surface area contributed by atoms with Gasteiger partial charge in [0, 0.05) is 17.4 Å². The van der Waals surface area contributed by atoms with Crippen LogP contribution in [0.4, 0.5) is 0 Å². The molecule has 0 radical (unpaired) electrons. The molecule has 102 valence electrons. The maximum absolute atomic E-state index is 11.8. The summed E-state index contributed by atoms with van der Waals surface area (Å²) in [5, 5.41) is 3.14. The van der Waals surface area contributed by atoms with Gasteiger partial charge in [-0.3, -0.25) is 4.79 Å². The van der Waals surface area contributed by atoms with Crippen LogP contribution in [-0.2, 0) is 17.6 Å². The summed E-state index contributed by atoms with van der Waals surface area (Å²) in [6, 6.07) is 6.33. The molecule has 1 amide bonds. The highest BCUT2D eigenvalue weighted by Crippen LogP contribution is 2.49. The van der Waals surface area contributed by atoms with E-state index in [9.17, 15) is 4.79 Å². The van der Waals surface area contributed by atoms with Crippen molar-refractivity contribution in [1.29, 1.82) is 0 Å². The molecule has 3 nitrogen and oxygen atoms in total. The lowest BCUT2D eigenvalue weighted by Crippen LogP contribution is -2.49. The van der Waals surface area contributed by atoms with Crippen molar-refractivity contribution in [2.75, 3.05) is 7.11 Å². The highest BCUT2D eigenvalue weighted by Gasteiger charge is 2.53. The van der Waals surface area contributed by atoms with Crippen molar-refractivity contribution in [3.63, 3.8) is 0 Å². The Morgan fingerprint density at radius 3 is 2.63 bits per heavy atom. The maximum Gasteiger partial charge on any atom is 0.221 e. The topological polar surface area (TPSA) is 38.3 Å². The van der Waals surface area contributed by atoms with E-state index in [-0.39, 0.29) is 16.9 Å². The molecule has 1 unspecified atom stereocenters. The number of aryl methyl sites for hydroxylation is 1. The first-order chi connectivity index (χ1) is 8.96. The Morgan fingerprint density at radius 1 is 1.21 bits per heavy atom. The molecule has 2 aliphatic rings. The van der Waals surface area contributed by atoms with Gasteiger partial charge in [-0.2, -0.15) is 0 Å². The van der Waals surface area contributed by atoms with E-state index >= 15 is 0 Å². The molecule has 0 bridgehead atoms. The van der Waals surface area contributed by atoms with Crippen LogP contribution >= 0.6 is 0 Å². The number of carbonyl (C=O) groups excluding carboxylic acids is 1. The zero-order valence-electron chi connectivity index (χ0n) is 11.9. The van der Waals surface area contributed by atoms with E-state index in [0.29, 0.717) is 6.42 Å². The van der Waals surface area contributed by atoms with Crippen LogP contribution in [-0.4, -0.2) is 18.6 Å². The fourth-order valence-electron chi connectivity index (χ4n) is 3.70. The van der Waals surface area contributed by atoms with E-state index in [4.69, 9.17) is 4.74 Å². The molecule has 19 heavy (non-hydrogen) atoms. The molecule has 1 aromatic carbocycles. The summed E-state index contributed by atoms with van der Waals surface area (Å²) in [5.41, 5.74) is 2.69. The molecule has 1 heterocycles. The molecule has 3 rings (SSSR count). The van der Waals surface area contributed by atoms with E-state index in [1.807, 2.05) is 6.07 Å². The Labute approximate surface area is 114 Å². The summed E-state index contributed by atoms with van der Waals surface area (Å²) in [5.74, 6) is 1.10. The molecule has 1 aliphatic carbocycles. The van der Waals surface area contributed by atoms with Crippen LogP contribution in [0.25, 0.3) is 0 Å². The van der Waals surface area contributed by atoms with Crippen molar-refractivity contribution < 1.29 is 9.53 Å². The standard InChI is InChI=1S/C16H21NO2/c1-15(2)16(10-14(18)17-15)7-6-11-4-5-13(19-3)8-12(11)9-16/h4-5,8H,6-7,9-10H2,1-3H3,(H,17,18). The zero-order chi connectivity index (χ0) is 13.7. The first-order valence-corrected chi connectivity index (χ1v) is 6.93. The van der Waals surface area contributed by atoms with Crippen molar-refractivity contribution in [3.8, 4) is 5.75 Å². The minimum Gasteiger partial charge on any atom is -0.497 e. The van der Waals surface area contributed by atoms with Gasteiger partial charge >= 0.3 is 0 Å². The second kappa shape index (κ2) is 3.99. The van der Waals surface area contributed by atoms with Crippen molar-refractivity contribution in [2.24, 2.45) is 5.41 Å². The number of hydrogen-bond acceptors (Lipinski definition) is 2. The maximum atomic E-state index is 11.8. The second-order valence-corrected chi connectivity index (χ2v) is 6.44. The average Bonchev–Trinajstić information content (AvgIpc) is 2.57. The second-order valence-electron chi connectivity index (χ2n) is 6.44. The van der Waals surface area contributed by atoms with Crippen molar-refractivity contribution in [1.82, 2.24) is 5.32 Å². The number of methoxy groups -OCH3 is 1. The Hall–Kier alpha value is -1.51. The van der Waals surface area contributed by atoms with Gasteiger partial charge < -0.3 is 10.1 Å². The van der Waals surface area contributed by atoms with Crippen LogP contribution in [0.15, 0.2) is 18.2 Å². The fraction of sp³-hybridized carbons (Fsp3) is 0.562. The number of carbonyl (C=O) groups is 1. The van der Waals surface area contributed by atoms with Crippen molar-refractivity contribution in [3.05, 3.63) is 29.3 Å². The van der Waals surface area contributed by atoms with Crippen molar-refractivity contribution >= 4 is 5.91 Å². The summed E-state index contributed by atoms with van der Waals surface area (Å²) in [6.07, 6.45) is 3.75. The van der Waals surface area contributed by atoms with Gasteiger partial charge in [0.2, 0.25) is 5.91 Å². The number of nitrogens with one attached hydrogen (secondary N) is 1. The van der Waals surface area contributed by atoms with Crippen LogP contribution < -0.4 is 10.1 Å². The smallest absolute Gasteiger partial charge is 0.221 e. The molecule has 0 aromatic heterocycles. The average molecular weight is 259 g/mol. The highest BCUT2D eigenvalue weighted by molar-refractivity contribution is 5.81. The number of hydrogen-bond donors (Lipinski definition) is 1. The van der Waals surface area contributed by atoms with Gasteiger partial charge in [-0.15, -0.1) is 0 Å². The lowest BCUT2D eigenvalue weighted by atomic mass is 9.62. The molecule has 1 atom stereocenters. The molecule has 3 heteroatoms. The van der Waals surface area contributed by atoms with Crippen LogP contribution in [0.2, 0.25) is 0 Å². The molecule has 1 fully saturated rings. The van der Waals surface area contributed by atoms with Gasteiger partial charge in [-0.25, -0.2) is 0 Å². The van der Waals surface area contributed by atoms with Crippen LogP contribution in [0.5, 0.6) is 5.75 Å². The van der Waals surface area contributed by atoms with Gasteiger partial charge in [0.05, 0.1) is 7.11 Å². The largest absolute Gasteiger partial charge is 0.497 e. The third-order valence-corrected chi connectivity index (χ3v) is 5.09. The molecule has 1 spiro atoms. The Balaban J connectivity index is 1.99. The van der Waals surface area contributed by atoms with Gasteiger partial charge in [0.15, 0.2) is 0 Å². The van der Waals surface area contributed by atoms with Crippen molar-refractivity contribution in [2.45, 2.75) is 45.1 Å². The van der Waals surface area contributed by atoms with E-state index in [2.05, 4.69) is 31.3 Å². The zero-order valence-corrected chi connectivity index (χ0v) is 11.9. The lowest BCUT2D eigenvalue weighted by Gasteiger charge is -2.43. The third-order valence-electron chi connectivity index (χ3n) is 5.09. The minimum atomic E-state index is -0.120. The van der Waals surface area contributed by atoms with E-state index < -0.39 is 0 Å². The Bertz CT molecular complexity index is 536. The molecule has 1 aliphatic heterocycles. The predicted octanol–water partition coefficient (Wildman–Crippen LogP) is 2.47. The number of rotatable bonds is 1. The normalized spacial score (nSPS) is 28.1. The van der Waals surface area contributed by atoms with Gasteiger partial charge in [0.1, 0.15) is 5.75 Å². The summed E-state index contributed by atoms with van der Waals surface area (Å²) in [6.45, 7) is 4.31. The minimum absolute atomic E-state index is 0.0590. The van der Waals surface area contributed by atoms with Crippen LogP contribution in [0, 0.1) is 5.41 Å². The van der Waals surface area contributed by atoms with Gasteiger partial charge in [0.25, 0.3) is 0 Å². The van der Waals surface area contributed by atoms with Gasteiger partial charge in [-0.05, 0) is 56.4 Å². The van der Waals surface area contributed by atoms with E-state index in [1.54, 1.807) is 7.11 Å². The Kier molecular flexibility index (Phi) is 2.63. The monoisotopic (exact) mass is 259 g/mol. The summed E-state index contributed by atoms with van der Waals surface area (Å²) in [4.78, 5) is 11.8. The molecule has 0 saturated carbocycles. The van der Waals surface area contributed by atoms with Crippen LogP contribution in [0.3, 0.4) is 0 Å². The first-order valence-electron chi connectivity index (χ1n) is 6.93. The highest BCUT2D eigenvalue weighted by atomic mass is 16.5. The molecular formula is C16H21NO2. The molecule has 1 N–H and O–H groups in total. The third kappa shape index (κ3) is 1.83. The molecule has 1 aromatic rings.